The summed E-state index contributed by atoms with van der Waals surface area (Å²) in [6.07, 6.45) is 0. The molecule has 2 heteroatoms. The Balaban J connectivity index is 2.66. The van der Waals surface area contributed by atoms with E-state index in [9.17, 15) is 0 Å². The summed E-state index contributed by atoms with van der Waals surface area (Å²) < 4.78 is 5.68. The third-order valence-corrected chi connectivity index (χ3v) is 1.31. The standard InChI is InChI=1S/C9H14BO/c1-9(2,3)11-10-7-5-4-6-8-10/h4-8H,1-3H3/q-1. The van der Waals surface area contributed by atoms with Gasteiger partial charge in [-0.05, 0) is 20.8 Å². The van der Waals surface area contributed by atoms with Crippen molar-refractivity contribution in [2.24, 2.45) is 0 Å². The molecule has 0 amide bonds. The molecule has 0 saturated heterocycles. The lowest BCUT2D eigenvalue weighted by Gasteiger charge is -2.32. The Morgan fingerprint density at radius 2 is 1.55 bits per heavy atom. The normalized spacial score (nSPS) is 11.2. The van der Waals surface area contributed by atoms with Gasteiger partial charge in [0.15, 0.2) is 0 Å². The van der Waals surface area contributed by atoms with Gasteiger partial charge in [-0.25, -0.2) is 11.9 Å². The lowest BCUT2D eigenvalue weighted by Crippen LogP contribution is -2.31. The van der Waals surface area contributed by atoms with E-state index in [-0.39, 0.29) is 12.1 Å². The van der Waals surface area contributed by atoms with Crippen molar-refractivity contribution in [2.75, 3.05) is 0 Å². The Hall–Kier alpha value is -0.785. The van der Waals surface area contributed by atoms with Crippen LogP contribution in [0.25, 0.3) is 0 Å². The summed E-state index contributed by atoms with van der Waals surface area (Å²) in [5.74, 6) is 4.09. The van der Waals surface area contributed by atoms with Gasteiger partial charge in [0.1, 0.15) is 0 Å². The van der Waals surface area contributed by atoms with E-state index in [0.29, 0.717) is 0 Å². The third-order valence-electron chi connectivity index (χ3n) is 1.31. The average molecular weight is 149 g/mol. The minimum atomic E-state index is -0.0588. The maximum Gasteiger partial charge on any atom is 0.0599 e. The molecule has 0 radical (unpaired) electrons. The zero-order valence-corrected chi connectivity index (χ0v) is 7.37. The van der Waals surface area contributed by atoms with Gasteiger partial charge in [0.05, 0.1) is 6.55 Å². The van der Waals surface area contributed by atoms with Crippen LogP contribution in [0.4, 0.5) is 0 Å². The van der Waals surface area contributed by atoms with Crippen molar-refractivity contribution in [3.05, 3.63) is 30.1 Å². The summed E-state index contributed by atoms with van der Waals surface area (Å²) in [5, 5.41) is 0. The summed E-state index contributed by atoms with van der Waals surface area (Å²) in [7, 11) is 0. The Bertz CT molecular complexity index is 213. The highest BCUT2D eigenvalue weighted by Crippen LogP contribution is 2.01. The highest BCUT2D eigenvalue weighted by atomic mass is 16.5. The van der Waals surface area contributed by atoms with Crippen molar-refractivity contribution in [1.82, 2.24) is 0 Å². The molecule has 0 N–H and O–H groups in total. The second-order valence-corrected chi connectivity index (χ2v) is 3.66. The van der Waals surface area contributed by atoms with Crippen molar-refractivity contribution in [1.29, 1.82) is 0 Å². The van der Waals surface area contributed by atoms with Crippen molar-refractivity contribution in [2.45, 2.75) is 26.4 Å². The van der Waals surface area contributed by atoms with E-state index in [1.165, 1.54) is 0 Å². The van der Waals surface area contributed by atoms with Crippen molar-refractivity contribution in [3.8, 4) is 0 Å². The SMILES string of the molecule is CC(C)(C)O[b-]1ccccc1. The highest BCUT2D eigenvalue weighted by Gasteiger charge is 2.02. The fourth-order valence-corrected chi connectivity index (χ4v) is 0.962. The molecule has 60 valence electrons. The van der Waals surface area contributed by atoms with Gasteiger partial charge in [-0.15, -0.1) is 12.1 Å². The average Bonchev–Trinajstić information content (AvgIpc) is 1.85. The number of rotatable bonds is 1. The van der Waals surface area contributed by atoms with Crippen LogP contribution in [0.15, 0.2) is 30.1 Å². The monoisotopic (exact) mass is 149 g/mol. The first-order valence-corrected chi connectivity index (χ1v) is 3.94. The largest absolute Gasteiger partial charge is 0.745 e. The van der Waals surface area contributed by atoms with Gasteiger partial charge in [-0.3, -0.25) is 0 Å². The molecule has 1 heterocycles. The molecule has 0 atom stereocenters. The molecule has 0 unspecified atom stereocenters. The third kappa shape index (κ3) is 3.21. The smallest absolute Gasteiger partial charge is 0.0599 e. The maximum atomic E-state index is 5.68. The van der Waals surface area contributed by atoms with Gasteiger partial charge in [0.25, 0.3) is 0 Å². The molecule has 1 aromatic rings. The summed E-state index contributed by atoms with van der Waals surface area (Å²) in [5.41, 5.74) is -0.0588. The van der Waals surface area contributed by atoms with Crippen molar-refractivity contribution < 1.29 is 4.65 Å². The molecule has 0 spiro atoms. The van der Waals surface area contributed by atoms with E-state index >= 15 is 0 Å². The van der Waals surface area contributed by atoms with Gasteiger partial charge in [0, 0.05) is 5.60 Å². The predicted molar refractivity (Wildman–Crippen MR) is 48.7 cm³/mol. The molecular formula is C9H14BO-. The van der Waals surface area contributed by atoms with E-state index in [4.69, 9.17) is 4.65 Å². The van der Waals surface area contributed by atoms with Gasteiger partial charge in [0.2, 0.25) is 0 Å². The molecule has 0 aliphatic carbocycles. The Morgan fingerprint density at radius 3 is 2.00 bits per heavy atom. The van der Waals surface area contributed by atoms with E-state index in [2.05, 4.69) is 20.8 Å². The molecular weight excluding hydrogens is 135 g/mol. The molecule has 0 aliphatic heterocycles. The zero-order valence-electron chi connectivity index (χ0n) is 7.37. The van der Waals surface area contributed by atoms with Crippen LogP contribution in [0.5, 0.6) is 0 Å². The molecule has 0 aliphatic rings. The topological polar surface area (TPSA) is 9.23 Å². The summed E-state index contributed by atoms with van der Waals surface area (Å²) >= 11 is 0. The van der Waals surface area contributed by atoms with E-state index in [0.717, 1.165) is 0 Å². The number of hydrogen-bond acceptors (Lipinski definition) is 1. The van der Waals surface area contributed by atoms with Crippen LogP contribution in [-0.2, 0) is 0 Å². The molecule has 0 fully saturated rings. The van der Waals surface area contributed by atoms with Gasteiger partial charge in [-0.1, -0.05) is 6.07 Å². The maximum absolute atomic E-state index is 5.68. The minimum absolute atomic E-state index is 0.0588. The highest BCUT2D eigenvalue weighted by molar-refractivity contribution is 6.43. The minimum Gasteiger partial charge on any atom is -0.745 e. The Morgan fingerprint density at radius 1 is 1.00 bits per heavy atom. The van der Waals surface area contributed by atoms with Crippen LogP contribution < -0.4 is 4.65 Å². The van der Waals surface area contributed by atoms with Crippen molar-refractivity contribution >= 4 is 6.55 Å². The van der Waals surface area contributed by atoms with Crippen LogP contribution in [0.2, 0.25) is 0 Å². The van der Waals surface area contributed by atoms with Gasteiger partial charge >= 0.3 is 0 Å². The van der Waals surface area contributed by atoms with Crippen LogP contribution in [-0.4, -0.2) is 12.1 Å². The predicted octanol–water partition coefficient (Wildman–Crippen LogP) is 1.94. The molecule has 11 heavy (non-hydrogen) atoms. The Labute approximate surface area is 68.5 Å². The number of hydrogen-bond donors (Lipinski definition) is 0. The fraction of sp³-hybridized carbons (Fsp3) is 0.444. The quantitative estimate of drug-likeness (QED) is 0.592. The Kier molecular flexibility index (Phi) is 2.33. The van der Waals surface area contributed by atoms with E-state index < -0.39 is 0 Å². The molecule has 0 saturated carbocycles. The molecule has 1 aromatic heterocycles. The molecule has 1 nitrogen and oxygen atoms in total. The summed E-state index contributed by atoms with van der Waals surface area (Å²) in [4.78, 5) is 0. The first kappa shape index (κ1) is 8.31. The lowest BCUT2D eigenvalue weighted by molar-refractivity contribution is 0.188. The lowest BCUT2D eigenvalue weighted by atomic mass is 9.84. The van der Waals surface area contributed by atoms with Crippen LogP contribution in [0, 0.1) is 0 Å². The second-order valence-electron chi connectivity index (χ2n) is 3.66. The van der Waals surface area contributed by atoms with Crippen molar-refractivity contribution in [3.63, 3.8) is 0 Å². The molecule has 0 aromatic carbocycles. The first-order valence-electron chi connectivity index (χ1n) is 3.94. The summed E-state index contributed by atoms with van der Waals surface area (Å²) in [6, 6.07) is 6.02. The van der Waals surface area contributed by atoms with E-state index in [1.54, 1.807) is 0 Å². The summed E-state index contributed by atoms with van der Waals surface area (Å²) in [6.45, 7) is 6.34. The zero-order chi connectivity index (χ0) is 8.32. The molecule has 0 bridgehead atoms. The van der Waals surface area contributed by atoms with Crippen LogP contribution in [0.1, 0.15) is 20.8 Å². The van der Waals surface area contributed by atoms with Gasteiger partial charge < -0.3 is 4.65 Å². The molecule has 1 rings (SSSR count). The first-order chi connectivity index (χ1) is 5.08. The van der Waals surface area contributed by atoms with Crippen LogP contribution in [0.3, 0.4) is 0 Å². The fourth-order valence-electron chi connectivity index (χ4n) is 0.962. The second kappa shape index (κ2) is 3.08. The van der Waals surface area contributed by atoms with Crippen LogP contribution >= 0.6 is 0 Å². The van der Waals surface area contributed by atoms with Gasteiger partial charge in [-0.2, -0.15) is 0 Å². The van der Waals surface area contributed by atoms with E-state index in [1.807, 2.05) is 30.1 Å².